The van der Waals surface area contributed by atoms with E-state index in [1.165, 1.54) is 9.21 Å². The molecule has 5 nitrogen and oxygen atoms in total. The molecule has 25 heavy (non-hydrogen) atoms. The summed E-state index contributed by atoms with van der Waals surface area (Å²) in [4.78, 5) is 14.4. The fourth-order valence-corrected chi connectivity index (χ4v) is 5.16. The largest absolute Gasteiger partial charge is 0.296 e. The normalized spacial score (nSPS) is 22.8. The van der Waals surface area contributed by atoms with Gasteiger partial charge >= 0.3 is 0 Å². The Morgan fingerprint density at radius 2 is 1.68 bits per heavy atom. The van der Waals surface area contributed by atoms with Crippen molar-refractivity contribution < 1.29 is 13.2 Å². The van der Waals surface area contributed by atoms with Gasteiger partial charge in [-0.15, -0.1) is 0 Å². The minimum Gasteiger partial charge on any atom is -0.296 e. The maximum Gasteiger partial charge on any atom is 0.246 e. The number of nitrogens with zero attached hydrogens (tertiary/aromatic N) is 2. The molecule has 2 atom stereocenters. The van der Waals surface area contributed by atoms with Crippen molar-refractivity contribution in [1.82, 2.24) is 9.21 Å². The van der Waals surface area contributed by atoms with Crippen molar-refractivity contribution in [3.63, 3.8) is 0 Å². The number of sulfonamides is 1. The first-order chi connectivity index (χ1) is 11.9. The summed E-state index contributed by atoms with van der Waals surface area (Å²) in [6, 6.07) is 13.5. The molecule has 0 saturated carbocycles. The minimum absolute atomic E-state index is 0.201. The number of aryl methyl sites for hydroxylation is 1. The molecule has 0 unspecified atom stereocenters. The van der Waals surface area contributed by atoms with Crippen molar-refractivity contribution in [2.24, 2.45) is 0 Å². The quantitative estimate of drug-likeness (QED) is 0.833. The summed E-state index contributed by atoms with van der Waals surface area (Å²) in [6.45, 7) is 3.55. The molecule has 1 saturated heterocycles. The van der Waals surface area contributed by atoms with Crippen molar-refractivity contribution >= 4 is 22.0 Å². The first-order valence-electron chi connectivity index (χ1n) is 8.11. The topological polar surface area (TPSA) is 57.7 Å². The number of hydrogen-bond donors (Lipinski definition) is 0. The van der Waals surface area contributed by atoms with Gasteiger partial charge in [-0.05, 0) is 43.2 Å². The minimum atomic E-state index is -3.81. The van der Waals surface area contributed by atoms with Crippen LogP contribution in [0.5, 0.6) is 0 Å². The fourth-order valence-electron chi connectivity index (χ4n) is 3.45. The lowest BCUT2D eigenvalue weighted by Gasteiger charge is -2.32. The van der Waals surface area contributed by atoms with E-state index in [0.29, 0.717) is 0 Å². The van der Waals surface area contributed by atoms with Crippen LogP contribution >= 0.6 is 0 Å². The van der Waals surface area contributed by atoms with E-state index in [1.54, 1.807) is 37.4 Å². The first-order valence-corrected chi connectivity index (χ1v) is 9.55. The highest BCUT2D eigenvalue weighted by atomic mass is 32.2. The lowest BCUT2D eigenvalue weighted by Crippen LogP contribution is -2.38. The van der Waals surface area contributed by atoms with Gasteiger partial charge in [0.25, 0.3) is 0 Å². The Labute approximate surface area is 147 Å². The Morgan fingerprint density at radius 3 is 2.40 bits per heavy atom. The van der Waals surface area contributed by atoms with Crippen molar-refractivity contribution in [3.05, 3.63) is 71.4 Å². The molecule has 0 bridgehead atoms. The summed E-state index contributed by atoms with van der Waals surface area (Å²) in [5.41, 5.74) is 2.73. The third-order valence-electron chi connectivity index (χ3n) is 4.78. The zero-order valence-corrected chi connectivity index (χ0v) is 14.8. The highest BCUT2D eigenvalue weighted by Gasteiger charge is 2.51. The second-order valence-electron chi connectivity index (χ2n) is 6.39. The number of amides is 1. The Morgan fingerprint density at radius 1 is 1.00 bits per heavy atom. The van der Waals surface area contributed by atoms with Crippen LogP contribution in [-0.2, 0) is 14.8 Å². The van der Waals surface area contributed by atoms with E-state index in [2.05, 4.69) is 0 Å². The standard InChI is InChI=1S/C19H18N2O3S/c1-13-7-9-16(10-8-13)25(23,24)21-14(2)19(22)20-12-11-15-5-3-4-6-17(15)18(20)21/h3-12,14,18H,1-2H3/t14-,18+/m0/s1. The lowest BCUT2D eigenvalue weighted by molar-refractivity contribution is -0.127. The van der Waals surface area contributed by atoms with E-state index in [9.17, 15) is 13.2 Å². The predicted octanol–water partition coefficient (Wildman–Crippen LogP) is 2.90. The molecule has 6 heteroatoms. The monoisotopic (exact) mass is 354 g/mol. The summed E-state index contributed by atoms with van der Waals surface area (Å²) in [6.07, 6.45) is 2.88. The second-order valence-corrected chi connectivity index (χ2v) is 8.23. The number of carbonyl (C=O) groups excluding carboxylic acids is 1. The molecule has 2 aromatic carbocycles. The van der Waals surface area contributed by atoms with E-state index in [-0.39, 0.29) is 10.8 Å². The maximum atomic E-state index is 13.3. The number of carbonyl (C=O) groups is 1. The molecule has 0 aromatic heterocycles. The SMILES string of the molecule is Cc1ccc(S(=O)(=O)N2[C@@H]3c4ccccc4C=CN3C(=O)[C@@H]2C)cc1. The number of hydrogen-bond acceptors (Lipinski definition) is 3. The Balaban J connectivity index is 1.87. The fraction of sp³-hybridized carbons (Fsp3) is 0.211. The van der Waals surface area contributed by atoms with Gasteiger partial charge in [-0.25, -0.2) is 8.42 Å². The first kappa shape index (κ1) is 16.1. The molecule has 128 valence electrons. The summed E-state index contributed by atoms with van der Waals surface area (Å²) >= 11 is 0. The van der Waals surface area contributed by atoms with Gasteiger partial charge in [-0.1, -0.05) is 42.0 Å². The predicted molar refractivity (Wildman–Crippen MR) is 94.7 cm³/mol. The van der Waals surface area contributed by atoms with Gasteiger partial charge in [-0.2, -0.15) is 4.31 Å². The molecule has 2 heterocycles. The highest BCUT2D eigenvalue weighted by Crippen LogP contribution is 2.42. The van der Waals surface area contributed by atoms with Crippen LogP contribution in [0.4, 0.5) is 0 Å². The second kappa shape index (κ2) is 5.54. The van der Waals surface area contributed by atoms with Crippen LogP contribution in [0.1, 0.15) is 29.8 Å². The van der Waals surface area contributed by atoms with Crippen molar-refractivity contribution in [1.29, 1.82) is 0 Å². The van der Waals surface area contributed by atoms with E-state index < -0.39 is 22.2 Å². The summed E-state index contributed by atoms with van der Waals surface area (Å²) < 4.78 is 27.9. The lowest BCUT2D eigenvalue weighted by atomic mass is 10.0. The number of fused-ring (bicyclic) bond motifs is 3. The molecule has 2 aliphatic heterocycles. The van der Waals surface area contributed by atoms with Crippen LogP contribution in [0.2, 0.25) is 0 Å². The molecule has 4 rings (SSSR count). The van der Waals surface area contributed by atoms with Gasteiger partial charge < -0.3 is 0 Å². The van der Waals surface area contributed by atoms with Crippen molar-refractivity contribution in [2.75, 3.05) is 0 Å². The van der Waals surface area contributed by atoms with E-state index in [1.807, 2.05) is 37.3 Å². The highest BCUT2D eigenvalue weighted by molar-refractivity contribution is 7.89. The maximum absolute atomic E-state index is 13.3. The molecule has 0 aliphatic carbocycles. The molecular weight excluding hydrogens is 336 g/mol. The third kappa shape index (κ3) is 2.33. The van der Waals surface area contributed by atoms with Crippen LogP contribution < -0.4 is 0 Å². The number of rotatable bonds is 2. The van der Waals surface area contributed by atoms with Crippen LogP contribution in [0.3, 0.4) is 0 Å². The summed E-state index contributed by atoms with van der Waals surface area (Å²) in [5, 5.41) is 0. The van der Waals surface area contributed by atoms with Crippen LogP contribution in [-0.4, -0.2) is 29.6 Å². The Hall–Kier alpha value is -2.44. The average molecular weight is 354 g/mol. The zero-order valence-electron chi connectivity index (χ0n) is 14.0. The molecule has 0 spiro atoms. The smallest absolute Gasteiger partial charge is 0.246 e. The van der Waals surface area contributed by atoms with Gasteiger partial charge in [0.15, 0.2) is 0 Å². The van der Waals surface area contributed by atoms with Gasteiger partial charge in [0.2, 0.25) is 15.9 Å². The van der Waals surface area contributed by atoms with Gasteiger partial charge in [0, 0.05) is 6.20 Å². The van der Waals surface area contributed by atoms with Gasteiger partial charge in [0.05, 0.1) is 4.90 Å². The average Bonchev–Trinajstić information content (AvgIpc) is 2.87. The Kier molecular flexibility index (Phi) is 3.56. The zero-order chi connectivity index (χ0) is 17.8. The molecule has 1 fully saturated rings. The van der Waals surface area contributed by atoms with Crippen molar-refractivity contribution in [3.8, 4) is 0 Å². The molecule has 0 radical (unpaired) electrons. The third-order valence-corrected chi connectivity index (χ3v) is 6.72. The van der Waals surface area contributed by atoms with E-state index in [4.69, 9.17) is 0 Å². The molecule has 2 aliphatic rings. The molecular formula is C19H18N2O3S. The van der Waals surface area contributed by atoms with Crippen molar-refractivity contribution in [2.45, 2.75) is 31.0 Å². The van der Waals surface area contributed by atoms with E-state index in [0.717, 1.165) is 16.7 Å². The Bertz CT molecular complexity index is 980. The molecule has 2 aromatic rings. The van der Waals surface area contributed by atoms with Gasteiger partial charge in [0.1, 0.15) is 12.2 Å². The molecule has 0 N–H and O–H groups in total. The van der Waals surface area contributed by atoms with Gasteiger partial charge in [-0.3, -0.25) is 9.69 Å². The van der Waals surface area contributed by atoms with Crippen LogP contribution in [0.25, 0.3) is 6.08 Å². The van der Waals surface area contributed by atoms with Crippen LogP contribution in [0.15, 0.2) is 59.6 Å². The van der Waals surface area contributed by atoms with Crippen LogP contribution in [0, 0.1) is 6.92 Å². The summed E-state index contributed by atoms with van der Waals surface area (Å²) in [5.74, 6) is -0.216. The number of benzene rings is 2. The molecule has 1 amide bonds. The summed E-state index contributed by atoms with van der Waals surface area (Å²) in [7, 11) is -3.81. The van der Waals surface area contributed by atoms with E-state index >= 15 is 0 Å².